The van der Waals surface area contributed by atoms with E-state index in [1.165, 1.54) is 16.2 Å². The van der Waals surface area contributed by atoms with Gasteiger partial charge in [0.15, 0.2) is 17.2 Å². The summed E-state index contributed by atoms with van der Waals surface area (Å²) < 4.78 is 33.8. The van der Waals surface area contributed by atoms with Crippen molar-refractivity contribution in [1.29, 1.82) is 0 Å². The molecule has 4 amide bonds. The molecule has 0 bridgehead atoms. The molecule has 1 saturated carbocycles. The number of amides is 4. The van der Waals surface area contributed by atoms with E-state index in [2.05, 4.69) is 53.8 Å². The van der Waals surface area contributed by atoms with E-state index in [4.69, 9.17) is 5.10 Å². The van der Waals surface area contributed by atoms with Crippen LogP contribution < -0.4 is 40.4 Å². The predicted octanol–water partition coefficient (Wildman–Crippen LogP) is 3.16. The van der Waals surface area contributed by atoms with E-state index in [9.17, 15) is 19.2 Å². The maximum Gasteiger partial charge on any atom is 0.275 e. The van der Waals surface area contributed by atoms with Crippen LogP contribution in [0, 0.1) is 5.92 Å². The van der Waals surface area contributed by atoms with E-state index in [1.807, 2.05) is 41.1 Å². The molecule has 2 atom stereocenters. The molecule has 7 heterocycles. The second-order valence-corrected chi connectivity index (χ2v) is 18.5. The average molecular weight is 894 g/mol. The summed E-state index contributed by atoms with van der Waals surface area (Å²) in [5.74, 6) is -2.66. The van der Waals surface area contributed by atoms with E-state index in [-0.39, 0.29) is 36.7 Å². The lowest BCUT2D eigenvalue weighted by Crippen LogP contribution is -2.63. The molecule has 3 N–H and O–H groups in total. The molecule has 19 heteroatoms. The Balaban J connectivity index is 0.736. The molecule has 10 rings (SSSR count). The Morgan fingerprint density at radius 1 is 0.938 bits per heavy atom. The van der Waals surface area contributed by atoms with Crippen molar-refractivity contribution < 1.29 is 28.0 Å². The van der Waals surface area contributed by atoms with Crippen molar-refractivity contribution in [2.24, 2.45) is 5.92 Å². The number of likely N-dealkylation sites (tertiary alicyclic amines) is 1. The van der Waals surface area contributed by atoms with Gasteiger partial charge in [0.1, 0.15) is 6.04 Å². The van der Waals surface area contributed by atoms with Gasteiger partial charge in [0, 0.05) is 127 Å². The van der Waals surface area contributed by atoms with Crippen LogP contribution in [0.1, 0.15) is 48.2 Å². The zero-order valence-corrected chi connectivity index (χ0v) is 37.2. The second-order valence-electron chi connectivity index (χ2n) is 18.5. The van der Waals surface area contributed by atoms with E-state index < -0.39 is 18.0 Å². The van der Waals surface area contributed by atoms with Crippen LogP contribution in [0.3, 0.4) is 0 Å². The monoisotopic (exact) mass is 893 g/mol. The Morgan fingerprint density at radius 3 is 2.45 bits per heavy atom. The van der Waals surface area contributed by atoms with Gasteiger partial charge in [-0.05, 0) is 62.4 Å². The number of hydrogen-bond acceptors (Lipinski definition) is 13. The number of nitrogens with zero attached hydrogens (tertiary/aromatic N) is 10. The number of likely N-dealkylation sites (N-methyl/N-ethyl adjacent to an activating group) is 1. The number of imide groups is 1. The van der Waals surface area contributed by atoms with Crippen molar-refractivity contribution >= 4 is 69.7 Å². The van der Waals surface area contributed by atoms with Crippen LogP contribution in [-0.2, 0) is 20.8 Å². The Hall–Kier alpha value is -6.08. The number of rotatable bonds is 13. The molecule has 344 valence electrons. The van der Waals surface area contributed by atoms with Gasteiger partial charge in [-0.1, -0.05) is 6.07 Å². The van der Waals surface area contributed by atoms with E-state index in [0.717, 1.165) is 68.2 Å². The van der Waals surface area contributed by atoms with E-state index in [1.54, 1.807) is 29.7 Å². The number of anilines is 7. The number of nitrogens with one attached hydrogen (secondary N) is 3. The molecule has 2 unspecified atom stereocenters. The number of piperidine rings is 2. The van der Waals surface area contributed by atoms with E-state index in [0.29, 0.717) is 80.7 Å². The molecule has 4 aromatic rings. The molecule has 65 heavy (non-hydrogen) atoms. The maximum absolute atomic E-state index is 16.1. The standard InChI is InChI=1S/C46H57F2N13O4/c1-49-33-22-41(53-61-39(23-50-43(33)61)45(65)51-30-7-8-30)60-16-13-32-34(5-4-6-35(32)60)59-25-29(26-59)24-56-15-14-40(46(47,48)27-56)58-19-17-57(18-20-58)31-9-10-36(38(21-31)54(2)28-62)55(3)37-11-12-42(63)52-44(37)64/h4-6,9-10,21-23,28-30,37,40,49H,7-8,11-20,24-27H2,1-3H3,(H,51,65)(H,52,63,64). The van der Waals surface area contributed by atoms with Gasteiger partial charge >= 0.3 is 0 Å². The smallest absolute Gasteiger partial charge is 0.275 e. The Kier molecular flexibility index (Phi) is 11.2. The Labute approximate surface area is 376 Å². The van der Waals surface area contributed by atoms with Gasteiger partial charge in [-0.25, -0.2) is 18.3 Å². The number of halogens is 2. The van der Waals surface area contributed by atoms with Gasteiger partial charge in [-0.15, -0.1) is 5.10 Å². The fourth-order valence-electron chi connectivity index (χ4n) is 10.6. The maximum atomic E-state index is 16.1. The highest BCUT2D eigenvalue weighted by Gasteiger charge is 2.49. The summed E-state index contributed by atoms with van der Waals surface area (Å²) in [6.45, 7) is 5.50. The fourth-order valence-corrected chi connectivity index (χ4v) is 10.6. The first-order valence-corrected chi connectivity index (χ1v) is 22.9. The predicted molar refractivity (Wildman–Crippen MR) is 245 cm³/mol. The second kappa shape index (κ2) is 17.0. The number of piperazine rings is 1. The highest BCUT2D eigenvalue weighted by atomic mass is 19.3. The van der Waals surface area contributed by atoms with Crippen molar-refractivity contribution in [2.75, 3.05) is 116 Å². The summed E-state index contributed by atoms with van der Waals surface area (Å²) >= 11 is 0. The highest BCUT2D eigenvalue weighted by Crippen LogP contribution is 2.43. The van der Waals surface area contributed by atoms with Gasteiger partial charge in [0.05, 0.1) is 35.8 Å². The van der Waals surface area contributed by atoms with Crippen LogP contribution in [0.15, 0.2) is 48.7 Å². The zero-order chi connectivity index (χ0) is 45.1. The number of carbonyl (C=O) groups is 4. The van der Waals surface area contributed by atoms with Gasteiger partial charge in [0.25, 0.3) is 11.8 Å². The number of imidazole rings is 1. The number of alkyl halides is 2. The molecule has 17 nitrogen and oxygen atoms in total. The lowest BCUT2D eigenvalue weighted by atomic mass is 9.93. The van der Waals surface area contributed by atoms with Gasteiger partial charge in [-0.2, -0.15) is 0 Å². The molecule has 2 aromatic heterocycles. The lowest BCUT2D eigenvalue weighted by Gasteiger charge is -2.49. The lowest BCUT2D eigenvalue weighted by molar-refractivity contribution is -0.134. The number of benzene rings is 2. The number of fused-ring (bicyclic) bond motifs is 2. The quantitative estimate of drug-likeness (QED) is 0.133. The van der Waals surface area contributed by atoms with E-state index >= 15 is 8.78 Å². The Morgan fingerprint density at radius 2 is 1.72 bits per heavy atom. The van der Waals surface area contributed by atoms with Crippen LogP contribution in [0.5, 0.6) is 0 Å². The third-order valence-corrected chi connectivity index (χ3v) is 14.3. The van der Waals surface area contributed by atoms with Crippen LogP contribution in [0.2, 0.25) is 0 Å². The molecule has 2 aromatic carbocycles. The van der Waals surface area contributed by atoms with Gasteiger partial charge in [0.2, 0.25) is 18.2 Å². The largest absolute Gasteiger partial charge is 0.385 e. The topological polar surface area (TPSA) is 157 Å². The SMILES string of the molecule is CNc1cc(N2CCc3c(N4CC(CN5CCC(N6CCN(c7ccc(N(C)C8CCC(=O)NC8=O)c(N(C)C=O)c7)CC6)C(F)(F)C5)C4)cccc32)nn2c(C(=O)NC3CC3)cnc12. The minimum atomic E-state index is -2.85. The third kappa shape index (κ3) is 8.17. The normalized spacial score (nSPS) is 22.7. The van der Waals surface area contributed by atoms with Gasteiger partial charge in [-0.3, -0.25) is 34.3 Å². The summed E-state index contributed by atoms with van der Waals surface area (Å²) in [5, 5.41) is 13.6. The number of carbonyl (C=O) groups excluding carboxylic acids is 4. The first kappa shape index (κ1) is 42.8. The fraction of sp³-hybridized carbons (Fsp3) is 0.522. The zero-order valence-electron chi connectivity index (χ0n) is 37.2. The van der Waals surface area contributed by atoms with Crippen molar-refractivity contribution in [3.05, 3.63) is 59.9 Å². The molecule has 6 aliphatic rings. The van der Waals surface area contributed by atoms with Crippen molar-refractivity contribution in [3.63, 3.8) is 0 Å². The first-order valence-electron chi connectivity index (χ1n) is 22.9. The molecule has 0 radical (unpaired) electrons. The van der Waals surface area contributed by atoms with Crippen LogP contribution >= 0.6 is 0 Å². The summed E-state index contributed by atoms with van der Waals surface area (Å²) in [5.41, 5.74) is 7.45. The van der Waals surface area contributed by atoms with Crippen molar-refractivity contribution in [1.82, 2.24) is 35.0 Å². The van der Waals surface area contributed by atoms with Crippen molar-refractivity contribution in [2.45, 2.75) is 62.6 Å². The molecular formula is C46H57F2N13O4. The molecule has 1 aliphatic carbocycles. The highest BCUT2D eigenvalue weighted by molar-refractivity contribution is 6.02. The van der Waals surface area contributed by atoms with Crippen molar-refractivity contribution in [3.8, 4) is 0 Å². The van der Waals surface area contributed by atoms with Crippen LogP contribution in [0.25, 0.3) is 5.65 Å². The third-order valence-electron chi connectivity index (χ3n) is 14.3. The Bertz CT molecular complexity index is 2500. The molecule has 0 spiro atoms. The molecule has 4 saturated heterocycles. The molecule has 5 aliphatic heterocycles. The minimum absolute atomic E-state index is 0.175. The summed E-state index contributed by atoms with van der Waals surface area (Å²) in [6, 6.07) is 12.9. The van der Waals surface area contributed by atoms with Crippen LogP contribution in [0.4, 0.5) is 48.7 Å². The minimum Gasteiger partial charge on any atom is -0.385 e. The molecule has 5 fully saturated rings. The summed E-state index contributed by atoms with van der Waals surface area (Å²) in [6.07, 6.45) is 6.14. The first-order chi connectivity index (χ1) is 31.4. The van der Waals surface area contributed by atoms with Crippen LogP contribution in [-0.4, -0.2) is 159 Å². The summed E-state index contributed by atoms with van der Waals surface area (Å²) in [7, 11) is 5.28. The summed E-state index contributed by atoms with van der Waals surface area (Å²) in [4.78, 5) is 67.8. The molecular weight excluding hydrogens is 837 g/mol. The average Bonchev–Trinajstić information content (AvgIpc) is 3.82. The number of aromatic nitrogens is 3. The number of hydrogen-bond donors (Lipinski definition) is 3. The van der Waals surface area contributed by atoms with Gasteiger partial charge < -0.3 is 35.1 Å².